The van der Waals surface area contributed by atoms with Crippen LogP contribution in [0.3, 0.4) is 0 Å². The summed E-state index contributed by atoms with van der Waals surface area (Å²) in [5, 5.41) is 4.22. The summed E-state index contributed by atoms with van der Waals surface area (Å²) in [4.78, 5) is 33.2. The molecule has 0 aromatic carbocycles. The summed E-state index contributed by atoms with van der Waals surface area (Å²) in [5.41, 5.74) is 1.70. The number of aromatic nitrogens is 2. The Labute approximate surface area is 151 Å². The molecule has 0 spiro atoms. The van der Waals surface area contributed by atoms with Gasteiger partial charge in [-0.15, -0.1) is 0 Å². The second kappa shape index (κ2) is 7.74. The van der Waals surface area contributed by atoms with Crippen LogP contribution < -0.4 is 5.32 Å². The second-order valence-corrected chi connectivity index (χ2v) is 6.65. The van der Waals surface area contributed by atoms with Gasteiger partial charge in [0.15, 0.2) is 6.79 Å². The van der Waals surface area contributed by atoms with Gasteiger partial charge in [-0.25, -0.2) is 9.78 Å². The lowest BCUT2D eigenvalue weighted by Crippen LogP contribution is -2.30. The molecule has 1 saturated heterocycles. The van der Waals surface area contributed by atoms with Crippen molar-refractivity contribution in [3.05, 3.63) is 24.0 Å². The van der Waals surface area contributed by atoms with Crippen molar-refractivity contribution in [3.63, 3.8) is 0 Å². The minimum absolute atomic E-state index is 0.0262. The van der Waals surface area contributed by atoms with Gasteiger partial charge in [0.2, 0.25) is 5.91 Å². The van der Waals surface area contributed by atoms with E-state index in [1.807, 2.05) is 19.9 Å². The molecule has 2 N–H and O–H groups in total. The number of carbonyl (C=O) groups excluding carboxylic acids is 2. The Morgan fingerprint density at radius 3 is 2.96 bits per heavy atom. The van der Waals surface area contributed by atoms with Gasteiger partial charge in [-0.05, 0) is 26.3 Å². The van der Waals surface area contributed by atoms with Crippen LogP contribution in [0.2, 0.25) is 0 Å². The topological polar surface area (TPSA) is 96.6 Å². The lowest BCUT2D eigenvalue weighted by atomic mass is 10.1. The number of rotatable bonds is 6. The van der Waals surface area contributed by atoms with Crippen LogP contribution >= 0.6 is 0 Å². The van der Waals surface area contributed by atoms with Gasteiger partial charge in [-0.3, -0.25) is 4.79 Å². The van der Waals surface area contributed by atoms with Crippen LogP contribution in [0.4, 0.5) is 5.69 Å². The van der Waals surface area contributed by atoms with Crippen molar-refractivity contribution in [1.29, 1.82) is 0 Å². The van der Waals surface area contributed by atoms with Crippen molar-refractivity contribution >= 4 is 28.6 Å². The number of pyridine rings is 1. The number of aromatic amines is 1. The van der Waals surface area contributed by atoms with Gasteiger partial charge in [0.05, 0.1) is 11.8 Å². The fourth-order valence-corrected chi connectivity index (χ4v) is 2.99. The number of nitrogens with zero attached hydrogens (tertiary/aromatic N) is 2. The molecule has 1 fully saturated rings. The predicted molar refractivity (Wildman–Crippen MR) is 96.9 cm³/mol. The van der Waals surface area contributed by atoms with E-state index in [1.165, 1.54) is 6.20 Å². The second-order valence-electron chi connectivity index (χ2n) is 6.65. The Morgan fingerprint density at radius 1 is 1.46 bits per heavy atom. The molecule has 3 heterocycles. The third-order valence-corrected chi connectivity index (χ3v) is 4.38. The van der Waals surface area contributed by atoms with Crippen molar-refractivity contribution in [1.82, 2.24) is 14.9 Å². The molecular weight excluding hydrogens is 336 g/mol. The molecular formula is C18H24N4O4. The van der Waals surface area contributed by atoms with Crippen molar-refractivity contribution in [2.45, 2.75) is 39.3 Å². The molecule has 8 heteroatoms. The summed E-state index contributed by atoms with van der Waals surface area (Å²) in [6, 6.07) is 1.93. The number of amides is 1. The number of anilines is 1. The number of hydrogen-bond donors (Lipinski definition) is 2. The Bertz CT molecular complexity index is 802. The van der Waals surface area contributed by atoms with Gasteiger partial charge < -0.3 is 24.7 Å². The lowest BCUT2D eigenvalue weighted by molar-refractivity contribution is -0.127. The molecule has 0 radical (unpaired) electrons. The maximum Gasteiger partial charge on any atom is 0.343 e. The molecule has 140 valence electrons. The third kappa shape index (κ3) is 3.96. The fourth-order valence-electron chi connectivity index (χ4n) is 2.99. The number of H-pyrrole nitrogens is 1. The van der Waals surface area contributed by atoms with Crippen LogP contribution in [0.5, 0.6) is 0 Å². The normalized spacial score (nSPS) is 17.1. The Morgan fingerprint density at radius 2 is 2.27 bits per heavy atom. The van der Waals surface area contributed by atoms with E-state index in [1.54, 1.807) is 18.0 Å². The molecule has 0 bridgehead atoms. The van der Waals surface area contributed by atoms with E-state index in [4.69, 9.17) is 9.47 Å². The Kier molecular flexibility index (Phi) is 5.41. The molecule has 1 aliphatic heterocycles. The van der Waals surface area contributed by atoms with E-state index in [0.29, 0.717) is 30.0 Å². The predicted octanol–water partition coefficient (Wildman–Crippen LogP) is 2.13. The number of ether oxygens (including phenoxy) is 2. The summed E-state index contributed by atoms with van der Waals surface area (Å²) in [5.74, 6) is -0.438. The first-order valence-electron chi connectivity index (χ1n) is 8.72. The molecule has 0 aliphatic carbocycles. The molecule has 1 amide bonds. The van der Waals surface area contributed by atoms with E-state index in [-0.39, 0.29) is 24.8 Å². The molecule has 2 aromatic rings. The smallest absolute Gasteiger partial charge is 0.343 e. The van der Waals surface area contributed by atoms with Crippen LogP contribution in [0, 0.1) is 0 Å². The van der Waals surface area contributed by atoms with Gasteiger partial charge >= 0.3 is 5.97 Å². The minimum Gasteiger partial charge on any atom is -0.435 e. The number of carbonyl (C=O) groups is 2. The third-order valence-electron chi connectivity index (χ3n) is 4.38. The van der Waals surface area contributed by atoms with Crippen LogP contribution in [-0.4, -0.2) is 58.8 Å². The maximum absolute atomic E-state index is 12.5. The van der Waals surface area contributed by atoms with Crippen molar-refractivity contribution < 1.29 is 19.1 Å². The molecule has 0 saturated carbocycles. The van der Waals surface area contributed by atoms with Crippen LogP contribution in [0.15, 0.2) is 18.5 Å². The summed E-state index contributed by atoms with van der Waals surface area (Å²) in [6.07, 6.45) is 4.06. The molecule has 1 atom stereocenters. The van der Waals surface area contributed by atoms with E-state index >= 15 is 0 Å². The maximum atomic E-state index is 12.5. The monoisotopic (exact) mass is 360 g/mol. The fraction of sp³-hybridized carbons (Fsp3) is 0.500. The highest BCUT2D eigenvalue weighted by Crippen LogP contribution is 2.28. The zero-order valence-electron chi connectivity index (χ0n) is 15.2. The Balaban J connectivity index is 1.81. The summed E-state index contributed by atoms with van der Waals surface area (Å²) < 4.78 is 10.5. The molecule has 3 rings (SSSR count). The van der Waals surface area contributed by atoms with Crippen LogP contribution in [-0.2, 0) is 14.3 Å². The molecule has 1 aliphatic rings. The number of nitrogens with one attached hydrogen (secondary N) is 2. The van der Waals surface area contributed by atoms with Crippen LogP contribution in [0.25, 0.3) is 11.0 Å². The first-order valence-corrected chi connectivity index (χ1v) is 8.72. The standard InChI is InChI=1S/C18H24N4O4/c1-11(2)25-10-26-18(24)15-8-20-17-14(4-6-19-17)16(15)21-13-5-7-22(9-13)12(3)23/h4,6,8,11,13H,5,7,9-10H2,1-3H3,(H2,19,20,21)/t13-/m0/s1. The van der Waals surface area contributed by atoms with Gasteiger partial charge in [0, 0.05) is 43.8 Å². The Hall–Kier alpha value is -2.61. The summed E-state index contributed by atoms with van der Waals surface area (Å²) in [7, 11) is 0. The number of hydrogen-bond acceptors (Lipinski definition) is 6. The van der Waals surface area contributed by atoms with E-state index in [0.717, 1.165) is 11.8 Å². The highest BCUT2D eigenvalue weighted by Gasteiger charge is 2.26. The van der Waals surface area contributed by atoms with Gasteiger partial charge in [0.1, 0.15) is 11.2 Å². The zero-order valence-corrected chi connectivity index (χ0v) is 15.2. The average molecular weight is 360 g/mol. The van der Waals surface area contributed by atoms with Crippen molar-refractivity contribution in [2.75, 3.05) is 25.2 Å². The zero-order chi connectivity index (χ0) is 18.7. The van der Waals surface area contributed by atoms with Crippen molar-refractivity contribution in [2.24, 2.45) is 0 Å². The number of esters is 1. The van der Waals surface area contributed by atoms with Crippen LogP contribution in [0.1, 0.15) is 37.6 Å². The highest BCUT2D eigenvalue weighted by atomic mass is 16.7. The van der Waals surface area contributed by atoms with Crippen molar-refractivity contribution in [3.8, 4) is 0 Å². The first kappa shape index (κ1) is 18.2. The van der Waals surface area contributed by atoms with Gasteiger partial charge in [-0.1, -0.05) is 0 Å². The van der Waals surface area contributed by atoms with E-state index < -0.39 is 5.97 Å². The van der Waals surface area contributed by atoms with E-state index in [9.17, 15) is 9.59 Å². The van der Waals surface area contributed by atoms with Gasteiger partial charge in [-0.2, -0.15) is 0 Å². The lowest BCUT2D eigenvalue weighted by Gasteiger charge is -2.18. The molecule has 8 nitrogen and oxygen atoms in total. The average Bonchev–Trinajstić information content (AvgIpc) is 3.23. The largest absolute Gasteiger partial charge is 0.435 e. The summed E-state index contributed by atoms with van der Waals surface area (Å²) >= 11 is 0. The summed E-state index contributed by atoms with van der Waals surface area (Å²) in [6.45, 7) is 6.51. The van der Waals surface area contributed by atoms with E-state index in [2.05, 4.69) is 15.3 Å². The minimum atomic E-state index is -0.495. The van der Waals surface area contributed by atoms with Gasteiger partial charge in [0.25, 0.3) is 0 Å². The number of likely N-dealkylation sites (tertiary alicyclic amines) is 1. The highest BCUT2D eigenvalue weighted by molar-refractivity contribution is 6.04. The first-order chi connectivity index (χ1) is 12.5. The molecule has 26 heavy (non-hydrogen) atoms. The number of fused-ring (bicyclic) bond motifs is 1. The SMILES string of the molecule is CC(=O)N1CC[C@H](Nc2c(C(=O)OCOC(C)C)cnc3[nH]ccc23)C1. The molecule has 2 aromatic heterocycles. The molecule has 0 unspecified atom stereocenters. The quantitative estimate of drug-likeness (QED) is 0.605.